The zero-order valence-corrected chi connectivity index (χ0v) is 18.1. The zero-order chi connectivity index (χ0) is 18.3. The molecule has 0 saturated carbocycles. The van der Waals surface area contributed by atoms with Crippen LogP contribution in [0.25, 0.3) is 11.1 Å². The molecule has 138 valence electrons. The van der Waals surface area contributed by atoms with Gasteiger partial charge in [0.05, 0.1) is 0 Å². The highest BCUT2D eigenvalue weighted by molar-refractivity contribution is 7.86. The maximum Gasteiger partial charge on any atom is 0.200 e. The second-order valence-corrected chi connectivity index (χ2v) is 10.2. The Labute approximate surface area is 177 Å². The zero-order valence-electron chi connectivity index (χ0n) is 15.7. The highest BCUT2D eigenvalue weighted by Crippen LogP contribution is 2.55. The van der Waals surface area contributed by atoms with Gasteiger partial charge >= 0.3 is 0 Å². The van der Waals surface area contributed by atoms with Crippen LogP contribution >= 0.6 is 7.05 Å². The maximum atomic E-state index is 2.53. The van der Waals surface area contributed by atoms with Gasteiger partial charge in [-0.2, -0.15) is 0 Å². The minimum atomic E-state index is -1.96. The molecule has 5 rings (SSSR count). The largest absolute Gasteiger partial charge is 1.00 e. The normalized spacial score (nSPS) is 13.2. The standard InChI is InChI=1S/C25H21NP.BrH/c1-26(20-12-4-2-5-13-20)27(21-14-6-3-7-15-21)24-18-10-8-16-22(24)23-17-9-11-19-25(23)27;/h2-19H,1H3;1H/q+1;/p-1. The van der Waals surface area contributed by atoms with Crippen molar-refractivity contribution in [2.45, 2.75) is 0 Å². The van der Waals surface area contributed by atoms with Gasteiger partial charge < -0.3 is 17.0 Å². The van der Waals surface area contributed by atoms with Gasteiger partial charge in [0.2, 0.25) is 5.69 Å². The molecular weight excluding hydrogens is 425 g/mol. The number of nitrogens with zero attached hydrogens (tertiary/aromatic N) is 1. The Morgan fingerprint density at radius 3 is 1.50 bits per heavy atom. The van der Waals surface area contributed by atoms with Crippen molar-refractivity contribution in [2.24, 2.45) is 0 Å². The second-order valence-electron chi connectivity index (χ2n) is 6.86. The van der Waals surface area contributed by atoms with Gasteiger partial charge in [0.1, 0.15) is 7.05 Å². The number of halogens is 1. The number of para-hydroxylation sites is 1. The lowest BCUT2D eigenvalue weighted by Gasteiger charge is -2.21. The van der Waals surface area contributed by atoms with Gasteiger partial charge in [-0.05, 0) is 35.4 Å². The summed E-state index contributed by atoms with van der Waals surface area (Å²) in [5, 5.41) is 4.29. The summed E-state index contributed by atoms with van der Waals surface area (Å²) in [5.41, 5.74) is 3.99. The van der Waals surface area contributed by atoms with Crippen molar-refractivity contribution in [3.05, 3.63) is 109 Å². The monoisotopic (exact) mass is 445 g/mol. The third-order valence-corrected chi connectivity index (χ3v) is 9.86. The molecule has 0 saturated heterocycles. The van der Waals surface area contributed by atoms with Crippen LogP contribution in [-0.4, -0.2) is 11.4 Å². The first-order chi connectivity index (χ1) is 13.3. The van der Waals surface area contributed by atoms with E-state index in [1.54, 1.807) is 0 Å². The van der Waals surface area contributed by atoms with Gasteiger partial charge in [0.15, 0.2) is 7.05 Å². The molecule has 0 N–H and O–H groups in total. The van der Waals surface area contributed by atoms with Gasteiger partial charge in [-0.25, -0.2) is 4.33 Å². The lowest BCUT2D eigenvalue weighted by molar-refractivity contribution is -0.380. The molecule has 1 heterocycles. The van der Waals surface area contributed by atoms with Crippen molar-refractivity contribution in [3.63, 3.8) is 0 Å². The summed E-state index contributed by atoms with van der Waals surface area (Å²) in [6.07, 6.45) is 0. The van der Waals surface area contributed by atoms with E-state index in [2.05, 4.69) is 121 Å². The molecule has 0 aliphatic carbocycles. The van der Waals surface area contributed by atoms with Crippen LogP contribution < -0.4 is 32.9 Å². The van der Waals surface area contributed by atoms with Gasteiger partial charge in [-0.15, -0.1) is 0 Å². The Hall–Kier alpha value is -2.41. The molecule has 4 aromatic rings. The third-order valence-electron chi connectivity index (χ3n) is 5.51. The summed E-state index contributed by atoms with van der Waals surface area (Å²) in [6.45, 7) is 0. The van der Waals surface area contributed by atoms with E-state index in [0.29, 0.717) is 0 Å². The molecule has 4 aromatic carbocycles. The van der Waals surface area contributed by atoms with E-state index in [4.69, 9.17) is 0 Å². The summed E-state index contributed by atoms with van der Waals surface area (Å²) < 4.78 is 2.53. The molecule has 1 aliphatic heterocycles. The highest BCUT2D eigenvalue weighted by atomic mass is 79.9. The van der Waals surface area contributed by atoms with E-state index in [1.807, 2.05) is 0 Å². The first kappa shape index (κ1) is 18.9. The van der Waals surface area contributed by atoms with E-state index in [1.165, 1.54) is 32.7 Å². The van der Waals surface area contributed by atoms with Crippen molar-refractivity contribution in [1.29, 1.82) is 0 Å². The molecule has 3 heteroatoms. The quantitative estimate of drug-likeness (QED) is 0.366. The average molecular weight is 446 g/mol. The SMILES string of the molecule is C[N+](c1ccccc1)=P1(c2ccccc2)c2ccccc2-c2ccccc21.[Br-]. The minimum Gasteiger partial charge on any atom is -1.00 e. The maximum absolute atomic E-state index is 2.53. The molecular formula is C25H21BrNP. The lowest BCUT2D eigenvalue weighted by Crippen LogP contribution is -3.00. The molecule has 0 bridgehead atoms. The van der Waals surface area contributed by atoms with Gasteiger partial charge in [-0.1, -0.05) is 72.8 Å². The van der Waals surface area contributed by atoms with Crippen LogP contribution in [0.1, 0.15) is 0 Å². The van der Waals surface area contributed by atoms with Crippen molar-refractivity contribution in [3.8, 4) is 11.1 Å². The fraction of sp³-hybridized carbons (Fsp3) is 0.0400. The Kier molecular flexibility index (Phi) is 5.10. The predicted octanol–water partition coefficient (Wildman–Crippen LogP) is 2.12. The van der Waals surface area contributed by atoms with E-state index in [9.17, 15) is 0 Å². The fourth-order valence-corrected chi connectivity index (χ4v) is 8.92. The van der Waals surface area contributed by atoms with Crippen molar-refractivity contribution in [2.75, 3.05) is 7.05 Å². The molecule has 0 aromatic heterocycles. The smallest absolute Gasteiger partial charge is 0.200 e. The van der Waals surface area contributed by atoms with Crippen molar-refractivity contribution < 1.29 is 21.3 Å². The van der Waals surface area contributed by atoms with Crippen LogP contribution in [0.5, 0.6) is 0 Å². The van der Waals surface area contributed by atoms with E-state index < -0.39 is 7.05 Å². The average Bonchev–Trinajstić information content (AvgIpc) is 3.06. The number of rotatable bonds is 2. The Bertz CT molecular complexity index is 1130. The third kappa shape index (κ3) is 2.64. The highest BCUT2D eigenvalue weighted by Gasteiger charge is 2.44. The second kappa shape index (κ2) is 7.54. The molecule has 0 spiro atoms. The summed E-state index contributed by atoms with van der Waals surface area (Å²) in [4.78, 5) is 0. The molecule has 28 heavy (non-hydrogen) atoms. The number of benzene rings is 4. The molecule has 0 unspecified atom stereocenters. The van der Waals surface area contributed by atoms with Crippen molar-refractivity contribution in [1.82, 2.24) is 0 Å². The van der Waals surface area contributed by atoms with Crippen LogP contribution in [0.3, 0.4) is 0 Å². The van der Waals surface area contributed by atoms with Crippen LogP contribution in [0.15, 0.2) is 109 Å². The van der Waals surface area contributed by atoms with Gasteiger partial charge in [0, 0.05) is 28.0 Å². The van der Waals surface area contributed by atoms with Gasteiger partial charge in [0.25, 0.3) is 0 Å². The minimum absolute atomic E-state index is 0. The summed E-state index contributed by atoms with van der Waals surface area (Å²) in [5.74, 6) is 0. The fourth-order valence-electron chi connectivity index (χ4n) is 4.33. The molecule has 1 nitrogen and oxygen atoms in total. The van der Waals surface area contributed by atoms with Crippen molar-refractivity contribution >= 4 is 28.7 Å². The molecule has 0 fully saturated rings. The number of fused-ring (bicyclic) bond motifs is 3. The molecule has 0 radical (unpaired) electrons. The van der Waals surface area contributed by atoms with Crippen LogP contribution in [-0.2, 0) is 0 Å². The first-order valence-electron chi connectivity index (χ1n) is 9.27. The molecule has 1 aliphatic rings. The number of hydrogen-bond donors (Lipinski definition) is 0. The summed E-state index contributed by atoms with van der Waals surface area (Å²) >= 11 is 0. The Morgan fingerprint density at radius 1 is 0.536 bits per heavy atom. The Balaban J connectivity index is 0.00000192. The summed E-state index contributed by atoms with van der Waals surface area (Å²) in [7, 11) is 0.300. The molecule has 0 amide bonds. The lowest BCUT2D eigenvalue weighted by atomic mass is 10.1. The van der Waals surface area contributed by atoms with Crippen LogP contribution in [0.4, 0.5) is 5.69 Å². The topological polar surface area (TPSA) is 3.01 Å². The number of hydrogen-bond acceptors (Lipinski definition) is 0. The predicted molar refractivity (Wildman–Crippen MR) is 116 cm³/mol. The van der Waals surface area contributed by atoms with Crippen LogP contribution in [0, 0.1) is 0 Å². The van der Waals surface area contributed by atoms with Crippen LogP contribution in [0.2, 0.25) is 0 Å². The van der Waals surface area contributed by atoms with E-state index in [0.717, 1.165) is 0 Å². The first-order valence-corrected chi connectivity index (χ1v) is 11.0. The van der Waals surface area contributed by atoms with E-state index in [-0.39, 0.29) is 17.0 Å². The van der Waals surface area contributed by atoms with E-state index >= 15 is 0 Å². The Morgan fingerprint density at radius 2 is 0.964 bits per heavy atom. The molecule has 0 atom stereocenters. The van der Waals surface area contributed by atoms with Gasteiger partial charge in [-0.3, -0.25) is 0 Å². The summed E-state index contributed by atoms with van der Waals surface area (Å²) in [6, 6.07) is 39.7.